The highest BCUT2D eigenvalue weighted by Crippen LogP contribution is 2.29. The van der Waals surface area contributed by atoms with Gasteiger partial charge in [-0.3, -0.25) is 4.79 Å². The van der Waals surface area contributed by atoms with Gasteiger partial charge >= 0.3 is 6.61 Å². The number of nitrogens with one attached hydrogen (secondary N) is 1. The van der Waals surface area contributed by atoms with Crippen molar-refractivity contribution in [2.24, 2.45) is 5.73 Å². The van der Waals surface area contributed by atoms with Crippen LogP contribution in [0.25, 0.3) is 10.4 Å². The molecule has 0 saturated carbocycles. The molecule has 0 radical (unpaired) electrons. The van der Waals surface area contributed by atoms with Gasteiger partial charge in [-0.2, -0.15) is 8.78 Å². The molecule has 0 saturated heterocycles. The van der Waals surface area contributed by atoms with Crippen LogP contribution in [0.4, 0.5) is 17.6 Å². The van der Waals surface area contributed by atoms with Crippen LogP contribution in [0.3, 0.4) is 0 Å². The molecule has 1 amide bonds. The van der Waals surface area contributed by atoms with Gasteiger partial charge in [0.25, 0.3) is 11.8 Å². The zero-order chi connectivity index (χ0) is 17.7. The molecular weight excluding hydrogens is 348 g/mol. The molecule has 0 bridgehead atoms. The number of hydrogen-bond acceptors (Lipinski definition) is 4. The number of halogens is 4. The van der Waals surface area contributed by atoms with Crippen molar-refractivity contribution in [2.45, 2.75) is 12.5 Å². The Morgan fingerprint density at radius 3 is 2.46 bits per heavy atom. The van der Waals surface area contributed by atoms with E-state index in [4.69, 9.17) is 5.73 Å². The number of ether oxygens (including phenoxy) is 1. The van der Waals surface area contributed by atoms with Gasteiger partial charge < -0.3 is 15.8 Å². The molecule has 3 N–H and O–H groups in total. The van der Waals surface area contributed by atoms with E-state index < -0.39 is 31.5 Å². The lowest BCUT2D eigenvalue weighted by atomic mass is 10.2. The fraction of sp³-hybridized carbons (Fsp3) is 0.267. The van der Waals surface area contributed by atoms with Crippen LogP contribution in [0.5, 0.6) is 5.75 Å². The molecule has 1 aromatic carbocycles. The van der Waals surface area contributed by atoms with E-state index in [9.17, 15) is 22.4 Å². The summed E-state index contributed by atoms with van der Waals surface area (Å²) in [5.74, 6) is -3.76. The second kappa shape index (κ2) is 7.63. The minimum Gasteiger partial charge on any atom is -0.435 e. The van der Waals surface area contributed by atoms with Crippen LogP contribution in [0, 0.1) is 0 Å². The van der Waals surface area contributed by atoms with Crippen LogP contribution >= 0.6 is 11.3 Å². The lowest BCUT2D eigenvalue weighted by Crippen LogP contribution is -2.41. The highest BCUT2D eigenvalue weighted by molar-refractivity contribution is 7.17. The first-order valence-electron chi connectivity index (χ1n) is 6.82. The molecular formula is C15H14F4N2O2S. The molecule has 9 heteroatoms. The summed E-state index contributed by atoms with van der Waals surface area (Å²) >= 11 is 1.09. The molecule has 0 aliphatic rings. The Labute approximate surface area is 139 Å². The zero-order valence-electron chi connectivity index (χ0n) is 12.3. The van der Waals surface area contributed by atoms with Crippen molar-refractivity contribution in [1.82, 2.24) is 5.32 Å². The van der Waals surface area contributed by atoms with Gasteiger partial charge in [0, 0.05) is 4.88 Å². The molecule has 0 aliphatic heterocycles. The van der Waals surface area contributed by atoms with E-state index in [-0.39, 0.29) is 10.6 Å². The average molecular weight is 362 g/mol. The summed E-state index contributed by atoms with van der Waals surface area (Å²) in [6.45, 7) is -4.59. The number of carbonyl (C=O) groups is 1. The van der Waals surface area contributed by atoms with Crippen molar-refractivity contribution in [3.63, 3.8) is 0 Å². The molecule has 0 unspecified atom stereocenters. The molecule has 130 valence electrons. The van der Waals surface area contributed by atoms with Crippen molar-refractivity contribution < 1.29 is 27.1 Å². The topological polar surface area (TPSA) is 64.3 Å². The van der Waals surface area contributed by atoms with Crippen molar-refractivity contribution in [3.05, 3.63) is 41.3 Å². The monoisotopic (exact) mass is 362 g/mol. The Balaban J connectivity index is 2.03. The summed E-state index contributed by atoms with van der Waals surface area (Å²) in [5.41, 5.74) is 5.59. The molecule has 4 nitrogen and oxygen atoms in total. The lowest BCUT2D eigenvalue weighted by molar-refractivity contribution is -0.0498. The van der Waals surface area contributed by atoms with E-state index in [1.165, 1.54) is 18.2 Å². The minimum atomic E-state index is -3.16. The molecule has 2 aromatic rings. The van der Waals surface area contributed by atoms with Crippen LogP contribution < -0.4 is 15.8 Å². The number of amides is 1. The minimum absolute atomic E-state index is 0.0206. The van der Waals surface area contributed by atoms with Gasteiger partial charge in [0.1, 0.15) is 5.75 Å². The number of thiophene rings is 1. The number of benzene rings is 1. The van der Waals surface area contributed by atoms with Crippen LogP contribution in [0.15, 0.2) is 36.4 Å². The largest absolute Gasteiger partial charge is 0.435 e. The Bertz CT molecular complexity index is 689. The average Bonchev–Trinajstić information content (AvgIpc) is 3.03. The van der Waals surface area contributed by atoms with E-state index >= 15 is 0 Å². The molecule has 0 aliphatic carbocycles. The molecule has 1 aromatic heterocycles. The Kier molecular flexibility index (Phi) is 5.79. The van der Waals surface area contributed by atoms with Gasteiger partial charge in [-0.15, -0.1) is 11.3 Å². The van der Waals surface area contributed by atoms with Gasteiger partial charge in [-0.05, 0) is 42.0 Å². The first-order valence-corrected chi connectivity index (χ1v) is 7.63. The highest BCUT2D eigenvalue weighted by atomic mass is 32.1. The standard InChI is InChI=1S/C15H14F4N2O2S/c16-14(17)23-10-3-1-9(2-4-10)11-5-6-12(24-11)13(22)21-8-15(18,19)7-20/h1-6,14H,7-8,20H2,(H,21,22). The van der Waals surface area contributed by atoms with Gasteiger partial charge in [-0.1, -0.05) is 0 Å². The second-order valence-electron chi connectivity index (χ2n) is 4.81. The smallest absolute Gasteiger partial charge is 0.387 e. The number of hydrogen-bond donors (Lipinski definition) is 2. The molecule has 24 heavy (non-hydrogen) atoms. The summed E-state index contributed by atoms with van der Waals surface area (Å²) in [5, 5.41) is 2.12. The van der Waals surface area contributed by atoms with E-state index in [2.05, 4.69) is 10.1 Å². The Hall–Kier alpha value is -2.13. The third-order valence-corrected chi connectivity index (χ3v) is 4.13. The summed E-state index contributed by atoms with van der Waals surface area (Å²) in [6, 6.07) is 9.02. The molecule has 0 fully saturated rings. The first-order chi connectivity index (χ1) is 11.3. The van der Waals surface area contributed by atoms with Gasteiger partial charge in [0.05, 0.1) is 18.0 Å². The SMILES string of the molecule is NCC(F)(F)CNC(=O)c1ccc(-c2ccc(OC(F)F)cc2)s1. The summed E-state index contributed by atoms with van der Waals surface area (Å²) in [4.78, 5) is 12.8. The maximum absolute atomic E-state index is 13.0. The molecule has 0 atom stereocenters. The predicted octanol–water partition coefficient (Wildman–Crippen LogP) is 3.34. The maximum Gasteiger partial charge on any atom is 0.387 e. The Morgan fingerprint density at radius 1 is 1.21 bits per heavy atom. The first kappa shape index (κ1) is 18.2. The van der Waals surface area contributed by atoms with Crippen molar-refractivity contribution in [1.29, 1.82) is 0 Å². The number of nitrogens with two attached hydrogens (primary N) is 1. The van der Waals surface area contributed by atoms with Gasteiger partial charge in [0.15, 0.2) is 0 Å². The number of alkyl halides is 4. The van der Waals surface area contributed by atoms with Crippen molar-refractivity contribution >= 4 is 17.2 Å². The predicted molar refractivity (Wildman–Crippen MR) is 82.7 cm³/mol. The van der Waals surface area contributed by atoms with Gasteiger partial charge in [0.2, 0.25) is 0 Å². The quantitative estimate of drug-likeness (QED) is 0.743. The van der Waals surface area contributed by atoms with E-state index in [0.717, 1.165) is 11.3 Å². The van der Waals surface area contributed by atoms with Crippen molar-refractivity contribution in [3.8, 4) is 16.2 Å². The summed E-state index contributed by atoms with van der Waals surface area (Å²) in [6.07, 6.45) is 0. The van der Waals surface area contributed by atoms with Crippen LogP contribution in [-0.2, 0) is 0 Å². The second-order valence-corrected chi connectivity index (χ2v) is 5.89. The van der Waals surface area contributed by atoms with Crippen molar-refractivity contribution in [2.75, 3.05) is 13.1 Å². The number of carbonyl (C=O) groups excluding carboxylic acids is 1. The zero-order valence-corrected chi connectivity index (χ0v) is 13.1. The summed E-state index contributed by atoms with van der Waals surface area (Å²) < 4.78 is 54.5. The van der Waals surface area contributed by atoms with Crippen LogP contribution in [0.1, 0.15) is 9.67 Å². The third kappa shape index (κ3) is 4.93. The normalized spacial score (nSPS) is 11.6. The molecule has 2 rings (SSSR count). The fourth-order valence-electron chi connectivity index (χ4n) is 1.78. The van der Waals surface area contributed by atoms with E-state index in [0.29, 0.717) is 10.4 Å². The number of rotatable bonds is 7. The maximum atomic E-state index is 13.0. The third-order valence-electron chi connectivity index (χ3n) is 3.00. The Morgan fingerprint density at radius 2 is 1.88 bits per heavy atom. The fourth-order valence-corrected chi connectivity index (χ4v) is 2.71. The van der Waals surface area contributed by atoms with Gasteiger partial charge in [-0.25, -0.2) is 8.78 Å². The summed E-state index contributed by atoms with van der Waals surface area (Å²) in [7, 11) is 0. The lowest BCUT2D eigenvalue weighted by Gasteiger charge is -2.13. The van der Waals surface area contributed by atoms with Crippen LogP contribution in [0.2, 0.25) is 0 Å². The van der Waals surface area contributed by atoms with E-state index in [1.807, 2.05) is 0 Å². The highest BCUT2D eigenvalue weighted by Gasteiger charge is 2.27. The van der Waals surface area contributed by atoms with E-state index in [1.54, 1.807) is 18.2 Å². The molecule has 1 heterocycles. The van der Waals surface area contributed by atoms with Crippen LogP contribution in [-0.4, -0.2) is 31.5 Å². The molecule has 0 spiro atoms.